The highest BCUT2D eigenvalue weighted by Crippen LogP contribution is 2.26. The molecule has 0 aliphatic carbocycles. The molecule has 0 saturated carbocycles. The largest absolute Gasteiger partial charge is 0.457 e. The Morgan fingerprint density at radius 3 is 2.41 bits per heavy atom. The van der Waals surface area contributed by atoms with E-state index in [1.54, 1.807) is 42.5 Å². The van der Waals surface area contributed by atoms with Gasteiger partial charge in [0, 0.05) is 6.07 Å². The topological polar surface area (TPSA) is 79.2 Å². The number of hydrogen-bond donors (Lipinski definition) is 1. The second kappa shape index (κ2) is 7.89. The van der Waals surface area contributed by atoms with Gasteiger partial charge >= 0.3 is 0 Å². The molecular formula is C20H15FN2O3S. The highest BCUT2D eigenvalue weighted by atomic mass is 32.2. The maximum atomic E-state index is 12.8. The van der Waals surface area contributed by atoms with Gasteiger partial charge in [-0.05, 0) is 54.1 Å². The molecule has 0 atom stereocenters. The van der Waals surface area contributed by atoms with Crippen LogP contribution >= 0.6 is 0 Å². The minimum atomic E-state index is -3.85. The van der Waals surface area contributed by atoms with E-state index in [4.69, 9.17) is 10.00 Å². The van der Waals surface area contributed by atoms with Crippen molar-refractivity contribution in [3.63, 3.8) is 0 Å². The van der Waals surface area contributed by atoms with Crippen molar-refractivity contribution in [1.82, 2.24) is 0 Å². The SMILES string of the molecule is N#Cc1ccc(Oc2cccc(NS(=O)(=O)c3cccc(CF)c3)c2)cc1. The monoisotopic (exact) mass is 382 g/mol. The number of hydrogen-bond acceptors (Lipinski definition) is 4. The van der Waals surface area contributed by atoms with Crippen molar-refractivity contribution in [3.05, 3.63) is 83.9 Å². The van der Waals surface area contributed by atoms with Crippen LogP contribution in [0.15, 0.2) is 77.7 Å². The van der Waals surface area contributed by atoms with Gasteiger partial charge in [-0.15, -0.1) is 0 Å². The van der Waals surface area contributed by atoms with Crippen LogP contribution in [0.2, 0.25) is 0 Å². The molecule has 0 heterocycles. The van der Waals surface area contributed by atoms with Crippen molar-refractivity contribution in [2.24, 2.45) is 0 Å². The summed E-state index contributed by atoms with van der Waals surface area (Å²) in [6, 6.07) is 20.7. The summed E-state index contributed by atoms with van der Waals surface area (Å²) in [6.45, 7) is -0.739. The van der Waals surface area contributed by atoms with E-state index in [2.05, 4.69) is 4.72 Å². The van der Waals surface area contributed by atoms with Gasteiger partial charge < -0.3 is 4.74 Å². The lowest BCUT2D eigenvalue weighted by Crippen LogP contribution is -2.13. The summed E-state index contributed by atoms with van der Waals surface area (Å²) < 4.78 is 45.9. The van der Waals surface area contributed by atoms with Gasteiger partial charge in [0.2, 0.25) is 0 Å². The number of ether oxygens (including phenoxy) is 1. The Morgan fingerprint density at radius 2 is 1.70 bits per heavy atom. The van der Waals surface area contributed by atoms with Crippen LogP contribution in [0, 0.1) is 11.3 Å². The summed E-state index contributed by atoms with van der Waals surface area (Å²) in [5.41, 5.74) is 1.11. The van der Waals surface area contributed by atoms with Crippen LogP contribution in [0.25, 0.3) is 0 Å². The second-order valence-electron chi connectivity index (χ2n) is 5.65. The Morgan fingerprint density at radius 1 is 0.963 bits per heavy atom. The summed E-state index contributed by atoms with van der Waals surface area (Å²) >= 11 is 0. The fourth-order valence-corrected chi connectivity index (χ4v) is 3.49. The van der Waals surface area contributed by atoms with E-state index in [0.29, 0.717) is 22.7 Å². The maximum Gasteiger partial charge on any atom is 0.261 e. The Balaban J connectivity index is 1.79. The number of anilines is 1. The van der Waals surface area contributed by atoms with Crippen molar-refractivity contribution in [3.8, 4) is 17.6 Å². The van der Waals surface area contributed by atoms with Crippen LogP contribution in [0.3, 0.4) is 0 Å². The molecule has 0 bridgehead atoms. The lowest BCUT2D eigenvalue weighted by Gasteiger charge is -2.11. The van der Waals surface area contributed by atoms with Crippen LogP contribution in [-0.2, 0) is 16.7 Å². The summed E-state index contributed by atoms with van der Waals surface area (Å²) in [4.78, 5) is -0.0175. The molecule has 136 valence electrons. The van der Waals surface area contributed by atoms with Crippen molar-refractivity contribution >= 4 is 15.7 Å². The maximum absolute atomic E-state index is 12.8. The van der Waals surface area contributed by atoms with Gasteiger partial charge in [-0.2, -0.15) is 5.26 Å². The zero-order valence-corrected chi connectivity index (χ0v) is 14.9. The molecule has 1 N–H and O–H groups in total. The van der Waals surface area contributed by atoms with Gasteiger partial charge in [0.05, 0.1) is 22.2 Å². The van der Waals surface area contributed by atoms with E-state index in [0.717, 1.165) is 0 Å². The van der Waals surface area contributed by atoms with Gasteiger partial charge in [0.1, 0.15) is 18.2 Å². The average Bonchev–Trinajstić information content (AvgIpc) is 2.68. The molecular weight excluding hydrogens is 367 g/mol. The molecule has 0 aliphatic heterocycles. The minimum Gasteiger partial charge on any atom is -0.457 e. The average molecular weight is 382 g/mol. The van der Waals surface area contributed by atoms with Gasteiger partial charge in [-0.25, -0.2) is 12.8 Å². The Bertz CT molecular complexity index is 1090. The van der Waals surface area contributed by atoms with E-state index in [1.807, 2.05) is 6.07 Å². The van der Waals surface area contributed by atoms with E-state index in [1.165, 1.54) is 30.3 Å². The lowest BCUT2D eigenvalue weighted by molar-refractivity contribution is 0.483. The van der Waals surface area contributed by atoms with E-state index < -0.39 is 16.7 Å². The smallest absolute Gasteiger partial charge is 0.261 e. The van der Waals surface area contributed by atoms with E-state index in [-0.39, 0.29) is 10.5 Å². The zero-order valence-electron chi connectivity index (χ0n) is 14.1. The molecule has 0 unspecified atom stereocenters. The Labute approximate surface area is 156 Å². The highest BCUT2D eigenvalue weighted by molar-refractivity contribution is 7.92. The number of nitrogens with zero attached hydrogens (tertiary/aromatic N) is 1. The molecule has 0 spiro atoms. The molecule has 0 saturated heterocycles. The number of nitrogens with one attached hydrogen (secondary N) is 1. The van der Waals surface area contributed by atoms with Gasteiger partial charge in [-0.3, -0.25) is 4.72 Å². The Kier molecular flexibility index (Phi) is 5.38. The van der Waals surface area contributed by atoms with Gasteiger partial charge in [0.25, 0.3) is 10.0 Å². The van der Waals surface area contributed by atoms with Crippen LogP contribution in [-0.4, -0.2) is 8.42 Å². The quantitative estimate of drug-likeness (QED) is 0.675. The molecule has 0 fully saturated rings. The first-order valence-corrected chi connectivity index (χ1v) is 9.44. The molecule has 0 aromatic heterocycles. The Hall–Kier alpha value is -3.37. The number of sulfonamides is 1. The molecule has 0 radical (unpaired) electrons. The second-order valence-corrected chi connectivity index (χ2v) is 7.34. The lowest BCUT2D eigenvalue weighted by atomic mass is 10.2. The summed E-state index contributed by atoms with van der Waals surface area (Å²) in [7, 11) is -3.85. The standard InChI is InChI=1S/C20H15FN2O3S/c21-13-16-3-1-6-20(11-16)27(24,25)23-17-4-2-5-19(12-17)26-18-9-7-15(14-22)8-10-18/h1-12,23H,13H2. The number of benzene rings is 3. The fraction of sp³-hybridized carbons (Fsp3) is 0.0500. The highest BCUT2D eigenvalue weighted by Gasteiger charge is 2.15. The predicted octanol–water partition coefficient (Wildman–Crippen LogP) is 4.62. The third-order valence-electron chi connectivity index (χ3n) is 3.67. The number of nitriles is 1. The third-order valence-corrected chi connectivity index (χ3v) is 5.05. The summed E-state index contributed by atoms with van der Waals surface area (Å²) in [5.74, 6) is 0.946. The van der Waals surface area contributed by atoms with Crippen LogP contribution < -0.4 is 9.46 Å². The van der Waals surface area contributed by atoms with E-state index >= 15 is 0 Å². The van der Waals surface area contributed by atoms with Crippen molar-refractivity contribution in [1.29, 1.82) is 5.26 Å². The first-order valence-electron chi connectivity index (χ1n) is 7.96. The van der Waals surface area contributed by atoms with Crippen LogP contribution in [0.4, 0.5) is 10.1 Å². The van der Waals surface area contributed by atoms with Crippen molar-refractivity contribution in [2.75, 3.05) is 4.72 Å². The number of rotatable bonds is 6. The summed E-state index contributed by atoms with van der Waals surface area (Å²) in [6.07, 6.45) is 0. The third kappa shape index (κ3) is 4.63. The van der Waals surface area contributed by atoms with Crippen molar-refractivity contribution in [2.45, 2.75) is 11.6 Å². The molecule has 0 amide bonds. The molecule has 3 aromatic carbocycles. The van der Waals surface area contributed by atoms with Gasteiger partial charge in [-0.1, -0.05) is 18.2 Å². The molecule has 3 aromatic rings. The first-order chi connectivity index (χ1) is 13.0. The molecule has 5 nitrogen and oxygen atoms in total. The molecule has 7 heteroatoms. The summed E-state index contributed by atoms with van der Waals surface area (Å²) in [5, 5.41) is 8.81. The van der Waals surface area contributed by atoms with Crippen molar-refractivity contribution < 1.29 is 17.5 Å². The normalized spacial score (nSPS) is 10.8. The molecule has 3 rings (SSSR count). The molecule has 0 aliphatic rings. The zero-order chi connectivity index (χ0) is 19.3. The number of alkyl halides is 1. The first kappa shape index (κ1) is 18.4. The van der Waals surface area contributed by atoms with Crippen LogP contribution in [0.1, 0.15) is 11.1 Å². The van der Waals surface area contributed by atoms with Gasteiger partial charge in [0.15, 0.2) is 0 Å². The number of halogens is 1. The predicted molar refractivity (Wildman–Crippen MR) is 99.7 cm³/mol. The molecule has 27 heavy (non-hydrogen) atoms. The van der Waals surface area contributed by atoms with Crippen LogP contribution in [0.5, 0.6) is 11.5 Å². The fourth-order valence-electron chi connectivity index (χ4n) is 2.37. The minimum absolute atomic E-state index is 0.0175. The van der Waals surface area contributed by atoms with E-state index in [9.17, 15) is 12.8 Å².